The van der Waals surface area contributed by atoms with Crippen LogP contribution in [0.1, 0.15) is 0 Å². The molecule has 0 saturated carbocycles. The Kier molecular flexibility index (Phi) is 2.23. The van der Waals surface area contributed by atoms with Crippen molar-refractivity contribution in [1.29, 1.82) is 0 Å². The third-order valence-electron chi connectivity index (χ3n) is 2.91. The number of ether oxygens (including phenoxy) is 1. The van der Waals surface area contributed by atoms with Gasteiger partial charge in [-0.2, -0.15) is 0 Å². The van der Waals surface area contributed by atoms with E-state index in [-0.39, 0.29) is 5.75 Å². The molecule has 0 radical (unpaired) electrons. The Balaban J connectivity index is 2.59. The molecule has 0 spiro atoms. The van der Waals surface area contributed by atoms with E-state index in [2.05, 4.69) is 0 Å². The summed E-state index contributed by atoms with van der Waals surface area (Å²) in [6, 6.07) is 10.1. The minimum absolute atomic E-state index is 0.0318. The lowest BCUT2D eigenvalue weighted by molar-refractivity contribution is 0.407. The first-order valence-electron chi connectivity index (χ1n) is 5.43. The van der Waals surface area contributed by atoms with Gasteiger partial charge in [0, 0.05) is 17.5 Å². The van der Waals surface area contributed by atoms with Crippen molar-refractivity contribution < 1.29 is 14.3 Å². The Hall–Kier alpha value is -2.49. The minimum atomic E-state index is -0.425. The maximum absolute atomic E-state index is 11.8. The van der Waals surface area contributed by atoms with Gasteiger partial charge in [0.15, 0.2) is 0 Å². The summed E-state index contributed by atoms with van der Waals surface area (Å²) in [4.78, 5) is 11.8. The number of fused-ring (bicyclic) bond motifs is 3. The normalized spacial score (nSPS) is 10.9. The second kappa shape index (κ2) is 3.77. The lowest BCUT2D eigenvalue weighted by Gasteiger charge is -2.06. The molecule has 0 atom stereocenters. The van der Waals surface area contributed by atoms with Crippen LogP contribution in [0.25, 0.3) is 21.7 Å². The molecule has 90 valence electrons. The number of hydrogen-bond acceptors (Lipinski definition) is 4. The topological polar surface area (TPSA) is 59.7 Å². The second-order valence-electron chi connectivity index (χ2n) is 3.95. The summed E-state index contributed by atoms with van der Waals surface area (Å²) in [7, 11) is 1.49. The first kappa shape index (κ1) is 10.7. The smallest absolute Gasteiger partial charge is 0.344 e. The molecule has 3 rings (SSSR count). The van der Waals surface area contributed by atoms with Gasteiger partial charge in [0.1, 0.15) is 17.1 Å². The Morgan fingerprint density at radius 3 is 2.61 bits per heavy atom. The lowest BCUT2D eigenvalue weighted by atomic mass is 10.1. The summed E-state index contributed by atoms with van der Waals surface area (Å²) in [6.45, 7) is 0. The Bertz CT molecular complexity index is 802. The number of aromatic hydroxyl groups is 1. The zero-order valence-corrected chi connectivity index (χ0v) is 9.64. The van der Waals surface area contributed by atoms with Crippen LogP contribution in [0.5, 0.6) is 11.5 Å². The summed E-state index contributed by atoms with van der Waals surface area (Å²) in [6.07, 6.45) is 0. The molecule has 18 heavy (non-hydrogen) atoms. The first-order chi connectivity index (χ1) is 8.70. The van der Waals surface area contributed by atoms with Gasteiger partial charge in [0.05, 0.1) is 17.9 Å². The van der Waals surface area contributed by atoms with Crippen molar-refractivity contribution in [2.24, 2.45) is 0 Å². The van der Waals surface area contributed by atoms with Crippen LogP contribution in [0, 0.1) is 0 Å². The molecule has 3 aromatic rings. The molecule has 0 fully saturated rings. The van der Waals surface area contributed by atoms with E-state index in [1.807, 2.05) is 6.07 Å². The number of phenolic OH excluding ortho intramolecular Hbond substituents is 1. The van der Waals surface area contributed by atoms with Crippen LogP contribution >= 0.6 is 0 Å². The van der Waals surface area contributed by atoms with Gasteiger partial charge >= 0.3 is 5.63 Å². The SMILES string of the molecule is COc1cc(O)c2c(c1)oc(=O)c1ccccc12. The van der Waals surface area contributed by atoms with Crippen molar-refractivity contribution in [1.82, 2.24) is 0 Å². The van der Waals surface area contributed by atoms with Crippen LogP contribution in [-0.2, 0) is 0 Å². The average Bonchev–Trinajstić information content (AvgIpc) is 2.38. The van der Waals surface area contributed by atoms with Gasteiger partial charge in [-0.1, -0.05) is 18.2 Å². The highest BCUT2D eigenvalue weighted by molar-refractivity contribution is 6.07. The molecule has 4 heteroatoms. The molecule has 1 N–H and O–H groups in total. The van der Waals surface area contributed by atoms with Gasteiger partial charge in [0.2, 0.25) is 0 Å². The highest BCUT2D eigenvalue weighted by Crippen LogP contribution is 2.34. The molecule has 4 nitrogen and oxygen atoms in total. The van der Waals surface area contributed by atoms with Crippen molar-refractivity contribution in [2.75, 3.05) is 7.11 Å². The lowest BCUT2D eigenvalue weighted by Crippen LogP contribution is -1.99. The standard InChI is InChI=1S/C14H10O4/c1-17-8-6-11(15)13-9-4-2-3-5-10(9)14(16)18-12(13)7-8/h2-7,15H,1H3. The molecule has 0 amide bonds. The second-order valence-corrected chi connectivity index (χ2v) is 3.95. The molecule has 1 heterocycles. The number of phenols is 1. The van der Waals surface area contributed by atoms with E-state index in [0.29, 0.717) is 27.5 Å². The zero-order chi connectivity index (χ0) is 12.7. The Morgan fingerprint density at radius 1 is 1.17 bits per heavy atom. The van der Waals surface area contributed by atoms with Crippen LogP contribution in [0.2, 0.25) is 0 Å². The summed E-state index contributed by atoms with van der Waals surface area (Å²) >= 11 is 0. The summed E-state index contributed by atoms with van der Waals surface area (Å²) < 4.78 is 10.2. The van der Waals surface area contributed by atoms with E-state index < -0.39 is 5.63 Å². The van der Waals surface area contributed by atoms with Crippen LogP contribution in [-0.4, -0.2) is 12.2 Å². The van der Waals surface area contributed by atoms with E-state index >= 15 is 0 Å². The third kappa shape index (κ3) is 1.43. The van der Waals surface area contributed by atoms with Crippen molar-refractivity contribution in [2.45, 2.75) is 0 Å². The quantitative estimate of drug-likeness (QED) is 0.526. The van der Waals surface area contributed by atoms with Gasteiger partial charge < -0.3 is 14.3 Å². The monoisotopic (exact) mass is 242 g/mol. The molecule has 0 unspecified atom stereocenters. The molecule has 0 aliphatic rings. The van der Waals surface area contributed by atoms with Gasteiger partial charge in [-0.15, -0.1) is 0 Å². The number of hydrogen-bond donors (Lipinski definition) is 1. The van der Waals surface area contributed by atoms with Gasteiger partial charge in [0.25, 0.3) is 0 Å². The van der Waals surface area contributed by atoms with E-state index in [9.17, 15) is 9.90 Å². The molecule has 0 aliphatic carbocycles. The molecule has 0 bridgehead atoms. The van der Waals surface area contributed by atoms with Crippen molar-refractivity contribution in [3.8, 4) is 11.5 Å². The summed E-state index contributed by atoms with van der Waals surface area (Å²) in [5.41, 5.74) is -0.110. The molecular weight excluding hydrogens is 232 g/mol. The number of rotatable bonds is 1. The summed E-state index contributed by atoms with van der Waals surface area (Å²) in [5, 5.41) is 11.7. The van der Waals surface area contributed by atoms with Crippen LogP contribution in [0.3, 0.4) is 0 Å². The van der Waals surface area contributed by atoms with Gasteiger partial charge in [-0.3, -0.25) is 0 Å². The summed E-state index contributed by atoms with van der Waals surface area (Å²) in [5.74, 6) is 0.475. The Morgan fingerprint density at radius 2 is 1.89 bits per heavy atom. The van der Waals surface area contributed by atoms with E-state index in [4.69, 9.17) is 9.15 Å². The number of benzene rings is 2. The van der Waals surface area contributed by atoms with E-state index in [0.717, 1.165) is 0 Å². The average molecular weight is 242 g/mol. The highest BCUT2D eigenvalue weighted by atomic mass is 16.5. The van der Waals surface area contributed by atoms with Crippen molar-refractivity contribution in [3.63, 3.8) is 0 Å². The van der Waals surface area contributed by atoms with Gasteiger partial charge in [-0.25, -0.2) is 4.79 Å². The fourth-order valence-corrected chi connectivity index (χ4v) is 2.08. The number of methoxy groups -OCH3 is 1. The molecular formula is C14H10O4. The predicted octanol–water partition coefficient (Wildman–Crippen LogP) is 2.66. The van der Waals surface area contributed by atoms with E-state index in [1.165, 1.54) is 13.2 Å². The van der Waals surface area contributed by atoms with Crippen LogP contribution in [0.4, 0.5) is 0 Å². The molecule has 0 saturated heterocycles. The third-order valence-corrected chi connectivity index (χ3v) is 2.91. The van der Waals surface area contributed by atoms with E-state index in [1.54, 1.807) is 24.3 Å². The predicted molar refractivity (Wildman–Crippen MR) is 68.2 cm³/mol. The molecule has 2 aromatic carbocycles. The zero-order valence-electron chi connectivity index (χ0n) is 9.64. The maximum Gasteiger partial charge on any atom is 0.344 e. The highest BCUT2D eigenvalue weighted by Gasteiger charge is 2.12. The van der Waals surface area contributed by atoms with Crippen molar-refractivity contribution >= 4 is 21.7 Å². The minimum Gasteiger partial charge on any atom is -0.507 e. The fraction of sp³-hybridized carbons (Fsp3) is 0.0714. The molecule has 1 aromatic heterocycles. The Labute approximate surface area is 102 Å². The largest absolute Gasteiger partial charge is 0.507 e. The molecule has 0 aliphatic heterocycles. The van der Waals surface area contributed by atoms with Crippen molar-refractivity contribution in [3.05, 3.63) is 46.8 Å². The van der Waals surface area contributed by atoms with Crippen LogP contribution in [0.15, 0.2) is 45.6 Å². The fourth-order valence-electron chi connectivity index (χ4n) is 2.08. The van der Waals surface area contributed by atoms with Crippen LogP contribution < -0.4 is 10.4 Å². The first-order valence-corrected chi connectivity index (χ1v) is 5.43. The van der Waals surface area contributed by atoms with Gasteiger partial charge in [-0.05, 0) is 6.07 Å². The maximum atomic E-state index is 11.8.